The van der Waals surface area contributed by atoms with Gasteiger partial charge in [0, 0.05) is 25.2 Å². The number of hydrogen-bond acceptors (Lipinski definition) is 6. The molecule has 0 spiro atoms. The molecule has 7 nitrogen and oxygen atoms in total. The van der Waals surface area contributed by atoms with Gasteiger partial charge in [-0.25, -0.2) is 4.79 Å². The molecule has 4 rings (SSSR count). The molecule has 164 valence electrons. The summed E-state index contributed by atoms with van der Waals surface area (Å²) >= 11 is 0. The minimum atomic E-state index is -0.570. The van der Waals surface area contributed by atoms with Gasteiger partial charge in [0.25, 0.3) is 5.69 Å². The second kappa shape index (κ2) is 10.2. The summed E-state index contributed by atoms with van der Waals surface area (Å²) in [5, 5.41) is 10.9. The Morgan fingerprint density at radius 2 is 1.44 bits per heavy atom. The number of nitro benzene ring substituents is 1. The van der Waals surface area contributed by atoms with E-state index < -0.39 is 17.0 Å². The molecule has 2 atom stereocenters. The Morgan fingerprint density at radius 3 is 2.00 bits per heavy atom. The Hall–Kier alpha value is -3.55. The lowest BCUT2D eigenvalue weighted by molar-refractivity contribution is -0.384. The van der Waals surface area contributed by atoms with Crippen LogP contribution in [0.2, 0.25) is 0 Å². The average molecular weight is 432 g/mol. The van der Waals surface area contributed by atoms with E-state index in [0.29, 0.717) is 13.2 Å². The third-order valence-electron chi connectivity index (χ3n) is 5.54. The van der Waals surface area contributed by atoms with Crippen LogP contribution in [0.15, 0.2) is 84.9 Å². The highest BCUT2D eigenvalue weighted by atomic mass is 16.6. The van der Waals surface area contributed by atoms with E-state index in [2.05, 4.69) is 4.90 Å². The number of carbonyl (C=O) groups excluding carboxylic acids is 1. The average Bonchev–Trinajstić information content (AvgIpc) is 2.85. The number of hydrogen-bond donors (Lipinski definition) is 0. The maximum absolute atomic E-state index is 13.1. The van der Waals surface area contributed by atoms with Crippen molar-refractivity contribution in [2.45, 2.75) is 12.1 Å². The van der Waals surface area contributed by atoms with Crippen molar-refractivity contribution in [2.75, 3.05) is 26.3 Å². The Kier molecular flexibility index (Phi) is 6.89. The third-order valence-corrected chi connectivity index (χ3v) is 5.54. The van der Waals surface area contributed by atoms with E-state index in [4.69, 9.17) is 9.47 Å². The van der Waals surface area contributed by atoms with Crippen LogP contribution in [0.3, 0.4) is 0 Å². The number of ether oxygens (including phenoxy) is 2. The van der Waals surface area contributed by atoms with Gasteiger partial charge < -0.3 is 9.47 Å². The van der Waals surface area contributed by atoms with Gasteiger partial charge in [0.15, 0.2) is 0 Å². The van der Waals surface area contributed by atoms with Crippen LogP contribution in [0, 0.1) is 10.1 Å². The molecule has 7 heteroatoms. The number of nitrogens with zero attached hydrogens (tertiary/aromatic N) is 2. The zero-order valence-electron chi connectivity index (χ0n) is 17.5. The SMILES string of the molecule is O=C(O[C@@H](c1ccccc1)[C@@H](c1ccccc1)N1CCOCC1)c1ccc([N+](=O)[O-])cc1. The number of non-ortho nitro benzene ring substituents is 1. The molecule has 0 amide bonds. The predicted molar refractivity (Wildman–Crippen MR) is 119 cm³/mol. The van der Waals surface area contributed by atoms with Crippen molar-refractivity contribution in [3.63, 3.8) is 0 Å². The largest absolute Gasteiger partial charge is 0.452 e. The fraction of sp³-hybridized carbons (Fsp3) is 0.240. The van der Waals surface area contributed by atoms with Crippen LogP contribution in [0.25, 0.3) is 0 Å². The summed E-state index contributed by atoms with van der Waals surface area (Å²) < 4.78 is 11.6. The van der Waals surface area contributed by atoms with E-state index in [1.54, 1.807) is 0 Å². The molecule has 3 aromatic carbocycles. The smallest absolute Gasteiger partial charge is 0.338 e. The van der Waals surface area contributed by atoms with Crippen LogP contribution in [-0.4, -0.2) is 42.1 Å². The summed E-state index contributed by atoms with van der Waals surface area (Å²) in [5.74, 6) is -0.525. The molecule has 1 fully saturated rings. The molecule has 0 aromatic heterocycles. The lowest BCUT2D eigenvalue weighted by Gasteiger charge is -2.39. The van der Waals surface area contributed by atoms with Gasteiger partial charge in [-0.3, -0.25) is 15.0 Å². The molecule has 3 aromatic rings. The Labute approximate surface area is 186 Å². The summed E-state index contributed by atoms with van der Waals surface area (Å²) in [5.41, 5.74) is 2.12. The molecule has 0 N–H and O–H groups in total. The van der Waals surface area contributed by atoms with Gasteiger partial charge in [-0.1, -0.05) is 60.7 Å². The van der Waals surface area contributed by atoms with Crippen LogP contribution in [0.1, 0.15) is 33.6 Å². The van der Waals surface area contributed by atoms with Gasteiger partial charge in [-0.05, 0) is 23.3 Å². The lowest BCUT2D eigenvalue weighted by atomic mass is 9.93. The summed E-state index contributed by atoms with van der Waals surface area (Å²) in [6.45, 7) is 2.66. The predicted octanol–water partition coefficient (Wildman–Crippen LogP) is 4.57. The van der Waals surface area contributed by atoms with E-state index in [-0.39, 0.29) is 17.3 Å². The van der Waals surface area contributed by atoms with Crippen molar-refractivity contribution < 1.29 is 19.2 Å². The molecule has 32 heavy (non-hydrogen) atoms. The highest BCUT2D eigenvalue weighted by Crippen LogP contribution is 2.38. The van der Waals surface area contributed by atoms with E-state index >= 15 is 0 Å². The molecule has 1 heterocycles. The number of morpholine rings is 1. The topological polar surface area (TPSA) is 81.9 Å². The van der Waals surface area contributed by atoms with Crippen LogP contribution < -0.4 is 0 Å². The Morgan fingerprint density at radius 1 is 0.875 bits per heavy atom. The number of benzene rings is 3. The van der Waals surface area contributed by atoms with Crippen LogP contribution in [0.4, 0.5) is 5.69 Å². The van der Waals surface area contributed by atoms with Gasteiger partial charge >= 0.3 is 5.97 Å². The lowest BCUT2D eigenvalue weighted by Crippen LogP contribution is -2.42. The fourth-order valence-corrected chi connectivity index (χ4v) is 3.94. The van der Waals surface area contributed by atoms with Crippen LogP contribution >= 0.6 is 0 Å². The highest BCUT2D eigenvalue weighted by Gasteiger charge is 2.34. The van der Waals surface area contributed by atoms with Crippen molar-refractivity contribution in [3.05, 3.63) is 112 Å². The zero-order chi connectivity index (χ0) is 22.3. The molecular formula is C25H24N2O5. The van der Waals surface area contributed by atoms with E-state index in [9.17, 15) is 14.9 Å². The van der Waals surface area contributed by atoms with Crippen molar-refractivity contribution in [3.8, 4) is 0 Å². The summed E-state index contributed by atoms with van der Waals surface area (Å²) in [6, 6.07) is 24.9. The van der Waals surface area contributed by atoms with Crippen molar-refractivity contribution >= 4 is 11.7 Å². The number of rotatable bonds is 7. The molecule has 1 aliphatic rings. The van der Waals surface area contributed by atoms with Gasteiger partial charge in [0.05, 0.1) is 29.7 Å². The number of nitro groups is 1. The van der Waals surface area contributed by atoms with Gasteiger partial charge in [0.2, 0.25) is 0 Å². The quantitative estimate of drug-likeness (QED) is 0.309. The number of carbonyl (C=O) groups is 1. The summed E-state index contributed by atoms with van der Waals surface area (Å²) in [7, 11) is 0. The molecule has 0 aliphatic carbocycles. The third kappa shape index (κ3) is 5.01. The van der Waals surface area contributed by atoms with Gasteiger partial charge in [0.1, 0.15) is 6.10 Å². The molecule has 1 aliphatic heterocycles. The Bertz CT molecular complexity index is 1030. The minimum Gasteiger partial charge on any atom is -0.452 e. The normalized spacial score (nSPS) is 16.1. The maximum Gasteiger partial charge on any atom is 0.338 e. The zero-order valence-corrected chi connectivity index (χ0v) is 17.5. The first-order valence-corrected chi connectivity index (χ1v) is 10.5. The monoisotopic (exact) mass is 432 g/mol. The first-order valence-electron chi connectivity index (χ1n) is 10.5. The molecule has 1 saturated heterocycles. The van der Waals surface area contributed by atoms with Crippen molar-refractivity contribution in [1.82, 2.24) is 4.90 Å². The molecule has 0 radical (unpaired) electrons. The maximum atomic E-state index is 13.1. The van der Waals surface area contributed by atoms with Crippen molar-refractivity contribution in [1.29, 1.82) is 0 Å². The van der Waals surface area contributed by atoms with E-state index in [1.807, 2.05) is 60.7 Å². The molecule has 0 unspecified atom stereocenters. The second-order valence-electron chi connectivity index (χ2n) is 7.54. The van der Waals surface area contributed by atoms with Crippen LogP contribution in [0.5, 0.6) is 0 Å². The Balaban J connectivity index is 1.70. The van der Waals surface area contributed by atoms with E-state index in [0.717, 1.165) is 24.2 Å². The second-order valence-corrected chi connectivity index (χ2v) is 7.54. The standard InChI is InChI=1S/C25H24N2O5/c28-25(21-11-13-22(14-12-21)27(29)30)32-24(20-9-5-2-6-10-20)23(19-7-3-1-4-8-19)26-15-17-31-18-16-26/h1-14,23-24H,15-18H2/t23-,24+/m1/s1. The number of esters is 1. The fourth-order valence-electron chi connectivity index (χ4n) is 3.94. The van der Waals surface area contributed by atoms with Crippen molar-refractivity contribution in [2.24, 2.45) is 0 Å². The first kappa shape index (κ1) is 21.7. The first-order chi connectivity index (χ1) is 15.6. The van der Waals surface area contributed by atoms with Crippen LogP contribution in [-0.2, 0) is 9.47 Å². The van der Waals surface area contributed by atoms with Gasteiger partial charge in [-0.15, -0.1) is 0 Å². The van der Waals surface area contributed by atoms with E-state index in [1.165, 1.54) is 24.3 Å². The molecule has 0 saturated carbocycles. The summed E-state index contributed by atoms with van der Waals surface area (Å²) in [4.78, 5) is 25.8. The van der Waals surface area contributed by atoms with Gasteiger partial charge in [-0.2, -0.15) is 0 Å². The highest BCUT2D eigenvalue weighted by molar-refractivity contribution is 5.89. The minimum absolute atomic E-state index is 0.0726. The molecular weight excluding hydrogens is 408 g/mol. The molecule has 0 bridgehead atoms. The summed E-state index contributed by atoms with van der Waals surface area (Å²) in [6.07, 6.45) is -0.570.